The van der Waals surface area contributed by atoms with Gasteiger partial charge in [0.1, 0.15) is 9.84 Å². The highest BCUT2D eigenvalue weighted by atomic mass is 32.2. The molecule has 1 aliphatic rings. The van der Waals surface area contributed by atoms with E-state index in [0.717, 1.165) is 19.4 Å². The fourth-order valence-corrected chi connectivity index (χ4v) is 3.42. The van der Waals surface area contributed by atoms with Crippen LogP contribution in [0, 0.1) is 5.92 Å². The minimum Gasteiger partial charge on any atom is -0.314 e. The van der Waals surface area contributed by atoms with Gasteiger partial charge in [0.05, 0.1) is 11.5 Å². The number of hydrogen-bond acceptors (Lipinski definition) is 3. The van der Waals surface area contributed by atoms with E-state index in [0.29, 0.717) is 23.5 Å². The monoisotopic (exact) mass is 205 g/mol. The second kappa shape index (κ2) is 4.42. The van der Waals surface area contributed by atoms with Crippen LogP contribution in [0.1, 0.15) is 26.7 Å². The van der Waals surface area contributed by atoms with Crippen LogP contribution in [-0.2, 0) is 9.84 Å². The van der Waals surface area contributed by atoms with Crippen LogP contribution < -0.4 is 5.32 Å². The second-order valence-electron chi connectivity index (χ2n) is 3.84. The van der Waals surface area contributed by atoms with Gasteiger partial charge in [-0.05, 0) is 32.2 Å². The number of sulfone groups is 1. The summed E-state index contributed by atoms with van der Waals surface area (Å²) >= 11 is 0. The molecule has 0 aromatic rings. The molecule has 1 aliphatic heterocycles. The average molecular weight is 205 g/mol. The molecule has 4 heteroatoms. The van der Waals surface area contributed by atoms with Crippen LogP contribution >= 0.6 is 0 Å². The Bertz CT molecular complexity index is 234. The van der Waals surface area contributed by atoms with Gasteiger partial charge in [-0.3, -0.25) is 0 Å². The Balaban J connectivity index is 2.40. The summed E-state index contributed by atoms with van der Waals surface area (Å²) in [5, 5.41) is 3.35. The van der Waals surface area contributed by atoms with E-state index >= 15 is 0 Å². The Hall–Kier alpha value is -0.0900. The lowest BCUT2D eigenvalue weighted by atomic mass is 9.95. The molecule has 0 aliphatic carbocycles. The Morgan fingerprint density at radius 1 is 1.38 bits per heavy atom. The lowest BCUT2D eigenvalue weighted by molar-refractivity contribution is 0.351. The molecule has 0 aromatic carbocycles. The SMILES string of the molecule is CCNC(C)C1CCS(=O)(=O)CC1. The van der Waals surface area contributed by atoms with Crippen LogP contribution in [-0.4, -0.2) is 32.5 Å². The van der Waals surface area contributed by atoms with Crippen molar-refractivity contribution in [2.24, 2.45) is 5.92 Å². The summed E-state index contributed by atoms with van der Waals surface area (Å²) in [5.41, 5.74) is 0. The molecule has 0 radical (unpaired) electrons. The van der Waals surface area contributed by atoms with E-state index in [2.05, 4.69) is 19.2 Å². The quantitative estimate of drug-likeness (QED) is 0.741. The molecule has 0 aromatic heterocycles. The second-order valence-corrected chi connectivity index (χ2v) is 6.14. The van der Waals surface area contributed by atoms with Gasteiger partial charge >= 0.3 is 0 Å². The Morgan fingerprint density at radius 3 is 2.38 bits per heavy atom. The van der Waals surface area contributed by atoms with Crippen LogP contribution in [0.3, 0.4) is 0 Å². The van der Waals surface area contributed by atoms with Crippen molar-refractivity contribution in [3.05, 3.63) is 0 Å². The van der Waals surface area contributed by atoms with Crippen molar-refractivity contribution in [1.82, 2.24) is 5.32 Å². The number of hydrogen-bond donors (Lipinski definition) is 1. The molecular weight excluding hydrogens is 186 g/mol. The highest BCUT2D eigenvalue weighted by molar-refractivity contribution is 7.91. The van der Waals surface area contributed by atoms with Crippen LogP contribution in [0.25, 0.3) is 0 Å². The van der Waals surface area contributed by atoms with Gasteiger partial charge in [-0.2, -0.15) is 0 Å². The average Bonchev–Trinajstić information content (AvgIpc) is 2.04. The van der Waals surface area contributed by atoms with Gasteiger partial charge < -0.3 is 5.32 Å². The van der Waals surface area contributed by atoms with E-state index in [1.165, 1.54) is 0 Å². The summed E-state index contributed by atoms with van der Waals surface area (Å²) in [6, 6.07) is 0.459. The number of nitrogens with one attached hydrogen (secondary N) is 1. The zero-order chi connectivity index (χ0) is 9.90. The molecular formula is C9H19NO2S. The highest BCUT2D eigenvalue weighted by Gasteiger charge is 2.26. The first-order chi connectivity index (χ1) is 6.05. The highest BCUT2D eigenvalue weighted by Crippen LogP contribution is 2.21. The van der Waals surface area contributed by atoms with Gasteiger partial charge in [-0.15, -0.1) is 0 Å². The molecule has 1 unspecified atom stereocenters. The first-order valence-electron chi connectivity index (χ1n) is 4.99. The Kier molecular flexibility index (Phi) is 3.74. The molecule has 0 saturated carbocycles. The van der Waals surface area contributed by atoms with Crippen molar-refractivity contribution in [2.75, 3.05) is 18.1 Å². The van der Waals surface area contributed by atoms with Crippen LogP contribution in [0.5, 0.6) is 0 Å². The fraction of sp³-hybridized carbons (Fsp3) is 1.00. The normalized spacial score (nSPS) is 25.7. The van der Waals surface area contributed by atoms with Crippen LogP contribution in [0.15, 0.2) is 0 Å². The summed E-state index contributed by atoms with van der Waals surface area (Å²) < 4.78 is 22.3. The Morgan fingerprint density at radius 2 is 1.92 bits per heavy atom. The molecule has 1 heterocycles. The summed E-state index contributed by atoms with van der Waals surface area (Å²) in [7, 11) is -2.69. The van der Waals surface area contributed by atoms with Crippen molar-refractivity contribution < 1.29 is 8.42 Å². The lowest BCUT2D eigenvalue weighted by Gasteiger charge is -2.27. The maximum atomic E-state index is 11.2. The van der Waals surface area contributed by atoms with Crippen molar-refractivity contribution in [3.63, 3.8) is 0 Å². The zero-order valence-corrected chi connectivity index (χ0v) is 9.23. The largest absolute Gasteiger partial charge is 0.314 e. The van der Waals surface area contributed by atoms with Gasteiger partial charge in [-0.1, -0.05) is 6.92 Å². The molecule has 3 nitrogen and oxygen atoms in total. The van der Waals surface area contributed by atoms with Gasteiger partial charge in [0.25, 0.3) is 0 Å². The molecule has 1 rings (SSSR count). The first kappa shape index (κ1) is 11.0. The molecule has 0 spiro atoms. The summed E-state index contributed by atoms with van der Waals surface area (Å²) in [4.78, 5) is 0. The van der Waals surface area contributed by atoms with Crippen molar-refractivity contribution in [2.45, 2.75) is 32.7 Å². The molecule has 1 fully saturated rings. The number of rotatable bonds is 3. The fourth-order valence-electron chi connectivity index (χ4n) is 1.90. The third kappa shape index (κ3) is 3.27. The third-order valence-electron chi connectivity index (χ3n) is 2.83. The topological polar surface area (TPSA) is 46.2 Å². The van der Waals surface area contributed by atoms with Crippen molar-refractivity contribution in [1.29, 1.82) is 0 Å². The van der Waals surface area contributed by atoms with E-state index in [1.54, 1.807) is 0 Å². The van der Waals surface area contributed by atoms with Crippen molar-refractivity contribution >= 4 is 9.84 Å². The lowest BCUT2D eigenvalue weighted by Crippen LogP contribution is -2.38. The van der Waals surface area contributed by atoms with E-state index in [9.17, 15) is 8.42 Å². The van der Waals surface area contributed by atoms with E-state index in [-0.39, 0.29) is 0 Å². The maximum Gasteiger partial charge on any atom is 0.150 e. The summed E-state index contributed by atoms with van der Waals surface area (Å²) in [5.74, 6) is 1.31. The van der Waals surface area contributed by atoms with Gasteiger partial charge in [0.2, 0.25) is 0 Å². The van der Waals surface area contributed by atoms with Gasteiger partial charge in [0.15, 0.2) is 0 Å². The predicted octanol–water partition coefficient (Wildman–Crippen LogP) is 0.809. The van der Waals surface area contributed by atoms with E-state index < -0.39 is 9.84 Å². The molecule has 0 bridgehead atoms. The molecule has 1 saturated heterocycles. The minimum absolute atomic E-state index is 0.382. The minimum atomic E-state index is -2.69. The van der Waals surface area contributed by atoms with Gasteiger partial charge in [0, 0.05) is 6.04 Å². The summed E-state index contributed by atoms with van der Waals surface area (Å²) in [6.07, 6.45) is 1.66. The summed E-state index contributed by atoms with van der Waals surface area (Å²) in [6.45, 7) is 5.19. The van der Waals surface area contributed by atoms with Crippen molar-refractivity contribution in [3.8, 4) is 0 Å². The molecule has 0 amide bonds. The van der Waals surface area contributed by atoms with Crippen LogP contribution in [0.4, 0.5) is 0 Å². The molecule has 1 N–H and O–H groups in total. The molecule has 1 atom stereocenters. The third-order valence-corrected chi connectivity index (χ3v) is 4.55. The smallest absolute Gasteiger partial charge is 0.150 e. The molecule has 78 valence electrons. The van der Waals surface area contributed by atoms with Crippen LogP contribution in [0.2, 0.25) is 0 Å². The zero-order valence-electron chi connectivity index (χ0n) is 8.41. The molecule has 13 heavy (non-hydrogen) atoms. The standard InChI is InChI=1S/C9H19NO2S/c1-3-10-8(2)9-4-6-13(11,12)7-5-9/h8-10H,3-7H2,1-2H3. The predicted molar refractivity (Wildman–Crippen MR) is 54.5 cm³/mol. The van der Waals surface area contributed by atoms with E-state index in [4.69, 9.17) is 0 Å². The first-order valence-corrected chi connectivity index (χ1v) is 6.81. The Labute approximate surface area is 80.8 Å². The van der Waals surface area contributed by atoms with Gasteiger partial charge in [-0.25, -0.2) is 8.42 Å². The maximum absolute atomic E-state index is 11.2. The van der Waals surface area contributed by atoms with E-state index in [1.807, 2.05) is 0 Å².